The van der Waals surface area contributed by atoms with Crippen molar-refractivity contribution in [3.8, 4) is 0 Å². The first-order chi connectivity index (χ1) is 15.0. The number of amides is 1. The van der Waals surface area contributed by atoms with Crippen LogP contribution in [0.4, 0.5) is 10.1 Å². The predicted molar refractivity (Wildman–Crippen MR) is 123 cm³/mol. The van der Waals surface area contributed by atoms with Gasteiger partial charge in [-0.25, -0.2) is 17.8 Å². The number of aliphatic hydroxyl groups is 1. The number of nitrogens with zero attached hydrogens (tertiary/aromatic N) is 1. The summed E-state index contributed by atoms with van der Waals surface area (Å²) in [5.41, 5.74) is -0.384. The molecular formula is C22H30FN3O4S2. The molecule has 176 valence electrons. The molecular weight excluding hydrogens is 453 g/mol. The van der Waals surface area contributed by atoms with Crippen molar-refractivity contribution >= 4 is 33.0 Å². The Kier molecular flexibility index (Phi) is 7.38. The quantitative estimate of drug-likeness (QED) is 0.508. The standard InChI is InChI=1S/C22H30FN3O4S2/c1-13(2)15-8-9-17(23)18(14(3)4)19(15)25-20(27)16-7-5-6-10-22(16,28)26-32(29,30)21-24-11-12-31-21/h8-9,11-14,16,26,28H,5-7,10H2,1-4H3,(H,25,27). The summed E-state index contributed by atoms with van der Waals surface area (Å²) in [6, 6.07) is 3.05. The Balaban J connectivity index is 1.95. The normalized spacial score (nSPS) is 21.8. The van der Waals surface area contributed by atoms with Crippen LogP contribution >= 0.6 is 11.3 Å². The number of thiazole rings is 1. The Labute approximate surface area is 192 Å². The highest BCUT2D eigenvalue weighted by molar-refractivity contribution is 7.91. The van der Waals surface area contributed by atoms with Gasteiger partial charge in [0.15, 0.2) is 0 Å². The van der Waals surface area contributed by atoms with Gasteiger partial charge in [-0.3, -0.25) is 4.79 Å². The smallest absolute Gasteiger partial charge is 0.270 e. The van der Waals surface area contributed by atoms with E-state index >= 15 is 0 Å². The zero-order chi connectivity index (χ0) is 23.7. The van der Waals surface area contributed by atoms with Gasteiger partial charge in [-0.2, -0.15) is 4.72 Å². The molecule has 1 aromatic heterocycles. The molecule has 2 unspecified atom stereocenters. The molecule has 0 bridgehead atoms. The molecule has 3 N–H and O–H groups in total. The van der Waals surface area contributed by atoms with Gasteiger partial charge >= 0.3 is 0 Å². The van der Waals surface area contributed by atoms with Gasteiger partial charge in [-0.05, 0) is 42.7 Å². The molecule has 2 aromatic rings. The summed E-state index contributed by atoms with van der Waals surface area (Å²) in [6.45, 7) is 7.59. The second-order valence-electron chi connectivity index (χ2n) is 8.85. The van der Waals surface area contributed by atoms with E-state index in [1.54, 1.807) is 6.07 Å². The minimum atomic E-state index is -4.10. The second kappa shape index (κ2) is 9.54. The number of carbonyl (C=O) groups is 1. The largest absolute Gasteiger partial charge is 0.374 e. The van der Waals surface area contributed by atoms with Crippen molar-refractivity contribution < 1.29 is 22.7 Å². The molecule has 0 spiro atoms. The highest BCUT2D eigenvalue weighted by atomic mass is 32.2. The van der Waals surface area contributed by atoms with E-state index in [-0.39, 0.29) is 22.6 Å². The number of benzene rings is 1. The first-order valence-electron chi connectivity index (χ1n) is 10.7. The van der Waals surface area contributed by atoms with Crippen molar-refractivity contribution in [1.29, 1.82) is 0 Å². The lowest BCUT2D eigenvalue weighted by Crippen LogP contribution is -2.58. The maximum absolute atomic E-state index is 14.7. The summed E-state index contributed by atoms with van der Waals surface area (Å²) >= 11 is 0.926. The average molecular weight is 484 g/mol. The lowest BCUT2D eigenvalue weighted by Gasteiger charge is -2.39. The predicted octanol–water partition coefficient (Wildman–Crippen LogP) is 4.32. The van der Waals surface area contributed by atoms with Crippen molar-refractivity contribution in [1.82, 2.24) is 9.71 Å². The molecule has 0 aliphatic heterocycles. The van der Waals surface area contributed by atoms with Gasteiger partial charge in [-0.15, -0.1) is 11.3 Å². The van der Waals surface area contributed by atoms with E-state index in [1.165, 1.54) is 17.6 Å². The number of anilines is 1. The summed E-state index contributed by atoms with van der Waals surface area (Å²) in [7, 11) is -4.10. The van der Waals surface area contributed by atoms with Crippen LogP contribution in [0.25, 0.3) is 0 Å². The number of halogens is 1. The highest BCUT2D eigenvalue weighted by Gasteiger charge is 2.46. The molecule has 0 saturated heterocycles. The molecule has 2 atom stereocenters. The van der Waals surface area contributed by atoms with Gasteiger partial charge in [0.05, 0.1) is 11.6 Å². The number of nitrogens with one attached hydrogen (secondary N) is 2. The molecule has 10 heteroatoms. The molecule has 1 amide bonds. The number of hydrogen-bond donors (Lipinski definition) is 3. The van der Waals surface area contributed by atoms with Crippen molar-refractivity contribution in [2.24, 2.45) is 5.92 Å². The summed E-state index contributed by atoms with van der Waals surface area (Å²) in [4.78, 5) is 17.2. The molecule has 1 aliphatic rings. The molecule has 1 fully saturated rings. The van der Waals surface area contributed by atoms with E-state index in [0.717, 1.165) is 16.9 Å². The van der Waals surface area contributed by atoms with Gasteiger partial charge < -0.3 is 10.4 Å². The van der Waals surface area contributed by atoms with Crippen LogP contribution in [0, 0.1) is 11.7 Å². The second-order valence-corrected chi connectivity index (χ2v) is 11.6. The maximum atomic E-state index is 14.7. The van der Waals surface area contributed by atoms with E-state index < -0.39 is 33.4 Å². The Morgan fingerprint density at radius 2 is 1.97 bits per heavy atom. The number of rotatable bonds is 7. The van der Waals surface area contributed by atoms with E-state index in [4.69, 9.17) is 0 Å². The Bertz CT molecular complexity index is 1070. The summed E-state index contributed by atoms with van der Waals surface area (Å²) in [5.74, 6) is -2.14. The lowest BCUT2D eigenvalue weighted by atomic mass is 9.81. The van der Waals surface area contributed by atoms with Crippen LogP contribution < -0.4 is 10.0 Å². The lowest BCUT2D eigenvalue weighted by molar-refractivity contribution is -0.134. The van der Waals surface area contributed by atoms with Gasteiger partial charge in [0.2, 0.25) is 10.2 Å². The van der Waals surface area contributed by atoms with Gasteiger partial charge in [0, 0.05) is 17.1 Å². The minimum absolute atomic E-state index is 0.0250. The topological polar surface area (TPSA) is 108 Å². The first kappa shape index (κ1) is 24.8. The maximum Gasteiger partial charge on any atom is 0.270 e. The zero-order valence-electron chi connectivity index (χ0n) is 18.7. The van der Waals surface area contributed by atoms with Crippen LogP contribution in [-0.4, -0.2) is 30.1 Å². The fraction of sp³-hybridized carbons (Fsp3) is 0.545. The fourth-order valence-electron chi connectivity index (χ4n) is 4.25. The molecule has 7 nitrogen and oxygen atoms in total. The molecule has 0 radical (unpaired) electrons. The molecule has 32 heavy (non-hydrogen) atoms. The van der Waals surface area contributed by atoms with E-state index in [1.807, 2.05) is 27.7 Å². The summed E-state index contributed by atoms with van der Waals surface area (Å²) in [6.07, 6.45) is 2.98. The molecule has 3 rings (SSSR count). The number of aromatic nitrogens is 1. The molecule has 1 heterocycles. The van der Waals surface area contributed by atoms with Crippen LogP contribution in [0.15, 0.2) is 28.0 Å². The third kappa shape index (κ3) is 5.03. The molecule has 1 saturated carbocycles. The Hall–Kier alpha value is -1.88. The Morgan fingerprint density at radius 1 is 1.25 bits per heavy atom. The van der Waals surface area contributed by atoms with E-state index in [9.17, 15) is 22.7 Å². The fourth-order valence-corrected chi connectivity index (χ4v) is 6.41. The van der Waals surface area contributed by atoms with Crippen LogP contribution in [0.3, 0.4) is 0 Å². The number of carbonyl (C=O) groups excluding carboxylic acids is 1. The van der Waals surface area contributed by atoms with Crippen LogP contribution in [0.2, 0.25) is 0 Å². The van der Waals surface area contributed by atoms with Crippen LogP contribution in [0.5, 0.6) is 0 Å². The minimum Gasteiger partial charge on any atom is -0.374 e. The monoisotopic (exact) mass is 483 g/mol. The Morgan fingerprint density at radius 3 is 2.56 bits per heavy atom. The third-order valence-electron chi connectivity index (χ3n) is 5.82. The highest BCUT2D eigenvalue weighted by Crippen LogP contribution is 2.38. The van der Waals surface area contributed by atoms with Gasteiger partial charge in [0.1, 0.15) is 11.5 Å². The average Bonchev–Trinajstić information content (AvgIpc) is 3.23. The zero-order valence-corrected chi connectivity index (χ0v) is 20.3. The summed E-state index contributed by atoms with van der Waals surface area (Å²) in [5, 5.41) is 15.6. The summed E-state index contributed by atoms with van der Waals surface area (Å²) < 4.78 is 42.3. The van der Waals surface area contributed by atoms with Crippen LogP contribution in [0.1, 0.15) is 76.3 Å². The SMILES string of the molecule is CC(C)c1ccc(F)c(C(C)C)c1NC(=O)C1CCCCC1(O)NS(=O)(=O)c1nccs1. The van der Waals surface area contributed by atoms with Crippen LogP contribution in [-0.2, 0) is 14.8 Å². The van der Waals surface area contributed by atoms with Crippen molar-refractivity contribution in [2.45, 2.75) is 75.3 Å². The van der Waals surface area contributed by atoms with E-state index in [0.29, 0.717) is 30.5 Å². The van der Waals surface area contributed by atoms with E-state index in [2.05, 4.69) is 15.0 Å². The molecule has 1 aromatic carbocycles. The number of sulfonamides is 1. The third-order valence-corrected chi connectivity index (χ3v) is 8.52. The van der Waals surface area contributed by atoms with Crippen molar-refractivity contribution in [3.05, 3.63) is 40.7 Å². The van der Waals surface area contributed by atoms with Crippen molar-refractivity contribution in [3.63, 3.8) is 0 Å². The molecule has 1 aliphatic carbocycles. The first-order valence-corrected chi connectivity index (χ1v) is 13.1. The van der Waals surface area contributed by atoms with Crippen molar-refractivity contribution in [2.75, 3.05) is 5.32 Å². The van der Waals surface area contributed by atoms with Gasteiger partial charge in [-0.1, -0.05) is 40.2 Å². The van der Waals surface area contributed by atoms with Gasteiger partial charge in [0.25, 0.3) is 10.0 Å². The number of hydrogen-bond acceptors (Lipinski definition) is 6.